The summed E-state index contributed by atoms with van der Waals surface area (Å²) in [5.74, 6) is 1.49. The molecule has 1 atom stereocenters. The average molecular weight is 293 g/mol. The lowest BCUT2D eigenvalue weighted by molar-refractivity contribution is -0.139. The molecule has 0 bridgehead atoms. The predicted molar refractivity (Wildman–Crippen MR) is 81.6 cm³/mol. The Morgan fingerprint density at radius 1 is 1.38 bits per heavy atom. The smallest absolute Gasteiger partial charge is 0.239 e. The maximum absolute atomic E-state index is 11.9. The molecule has 0 aromatic heterocycles. The predicted octanol–water partition coefficient (Wildman–Crippen LogP) is 0.819. The molecule has 0 unspecified atom stereocenters. The van der Waals surface area contributed by atoms with Crippen molar-refractivity contribution in [3.8, 4) is 11.5 Å². The van der Waals surface area contributed by atoms with Crippen molar-refractivity contribution in [1.82, 2.24) is 9.80 Å². The summed E-state index contributed by atoms with van der Waals surface area (Å²) >= 11 is 0. The number of likely N-dealkylation sites (N-methyl/N-ethyl adjacent to an activating group) is 1. The lowest BCUT2D eigenvalue weighted by Crippen LogP contribution is -2.55. The second kappa shape index (κ2) is 6.67. The summed E-state index contributed by atoms with van der Waals surface area (Å²) in [5, 5.41) is 0. The van der Waals surface area contributed by atoms with Gasteiger partial charge in [-0.15, -0.1) is 0 Å². The van der Waals surface area contributed by atoms with Crippen LogP contribution in [0.1, 0.15) is 6.92 Å². The molecule has 116 valence electrons. The normalized spacial score (nSPS) is 19.7. The molecule has 1 aliphatic heterocycles. The summed E-state index contributed by atoms with van der Waals surface area (Å²) < 4.78 is 10.9. The minimum atomic E-state index is -0.0895. The highest BCUT2D eigenvalue weighted by atomic mass is 16.5. The topological polar surface area (TPSA) is 68.0 Å². The number of methoxy groups -OCH3 is 1. The van der Waals surface area contributed by atoms with Crippen LogP contribution in [0.25, 0.3) is 0 Å². The molecular formula is C15H23N3O3. The minimum Gasteiger partial charge on any atom is -0.494 e. The number of amides is 1. The Bertz CT molecular complexity index is 507. The first-order valence-corrected chi connectivity index (χ1v) is 7.08. The number of carbonyl (C=O) groups excluding carboxylic acids is 1. The summed E-state index contributed by atoms with van der Waals surface area (Å²) in [6.45, 7) is 4.81. The number of anilines is 1. The Hall–Kier alpha value is -1.95. The van der Waals surface area contributed by atoms with Crippen LogP contribution in [-0.4, -0.2) is 62.1 Å². The molecule has 1 amide bonds. The van der Waals surface area contributed by atoms with Gasteiger partial charge in [-0.25, -0.2) is 0 Å². The first-order chi connectivity index (χ1) is 10.0. The van der Waals surface area contributed by atoms with Gasteiger partial charge in [-0.1, -0.05) is 0 Å². The molecule has 0 aliphatic carbocycles. The van der Waals surface area contributed by atoms with E-state index in [0.29, 0.717) is 30.3 Å². The van der Waals surface area contributed by atoms with E-state index >= 15 is 0 Å². The van der Waals surface area contributed by atoms with E-state index in [9.17, 15) is 4.79 Å². The molecule has 0 saturated carbocycles. The van der Waals surface area contributed by atoms with Gasteiger partial charge in [0, 0.05) is 32.7 Å². The van der Waals surface area contributed by atoms with Gasteiger partial charge in [0.1, 0.15) is 18.1 Å². The molecule has 1 heterocycles. The van der Waals surface area contributed by atoms with E-state index in [-0.39, 0.29) is 11.9 Å². The highest BCUT2D eigenvalue weighted by Gasteiger charge is 2.28. The largest absolute Gasteiger partial charge is 0.494 e. The van der Waals surface area contributed by atoms with Crippen molar-refractivity contribution in [2.24, 2.45) is 0 Å². The van der Waals surface area contributed by atoms with Gasteiger partial charge in [0.2, 0.25) is 5.91 Å². The summed E-state index contributed by atoms with van der Waals surface area (Å²) in [7, 11) is 3.42. The highest BCUT2D eigenvalue weighted by Crippen LogP contribution is 2.26. The van der Waals surface area contributed by atoms with E-state index < -0.39 is 0 Å². The molecule has 6 nitrogen and oxygen atoms in total. The van der Waals surface area contributed by atoms with E-state index in [0.717, 1.165) is 13.1 Å². The fourth-order valence-electron chi connectivity index (χ4n) is 2.42. The lowest BCUT2D eigenvalue weighted by Gasteiger charge is -2.37. The Kier molecular flexibility index (Phi) is 4.90. The first-order valence-electron chi connectivity index (χ1n) is 7.08. The van der Waals surface area contributed by atoms with E-state index in [2.05, 4.69) is 4.90 Å². The number of carbonyl (C=O) groups is 1. The molecule has 2 N–H and O–H groups in total. The van der Waals surface area contributed by atoms with Gasteiger partial charge in [0.25, 0.3) is 0 Å². The Balaban J connectivity index is 1.85. The minimum absolute atomic E-state index is 0.0895. The molecule has 1 saturated heterocycles. The molecule has 6 heteroatoms. The average Bonchev–Trinajstić information content (AvgIpc) is 2.49. The fourth-order valence-corrected chi connectivity index (χ4v) is 2.42. The number of piperazine rings is 1. The van der Waals surface area contributed by atoms with E-state index in [1.54, 1.807) is 24.1 Å². The first kappa shape index (κ1) is 15.4. The maximum atomic E-state index is 11.9. The quantitative estimate of drug-likeness (QED) is 0.814. The van der Waals surface area contributed by atoms with Gasteiger partial charge < -0.3 is 20.1 Å². The summed E-state index contributed by atoms with van der Waals surface area (Å²) in [4.78, 5) is 15.8. The zero-order valence-electron chi connectivity index (χ0n) is 12.8. The van der Waals surface area contributed by atoms with Gasteiger partial charge in [0.05, 0.1) is 18.8 Å². The van der Waals surface area contributed by atoms with E-state index in [1.807, 2.05) is 20.0 Å². The van der Waals surface area contributed by atoms with Crippen LogP contribution in [0.15, 0.2) is 18.2 Å². The number of nitrogens with two attached hydrogens (primary N) is 1. The molecule has 0 radical (unpaired) electrons. The number of benzene rings is 1. The van der Waals surface area contributed by atoms with Crippen molar-refractivity contribution >= 4 is 11.6 Å². The van der Waals surface area contributed by atoms with Gasteiger partial charge in [-0.2, -0.15) is 0 Å². The molecule has 2 rings (SSSR count). The molecule has 1 fully saturated rings. The molecule has 1 aromatic rings. The van der Waals surface area contributed by atoms with Gasteiger partial charge in [-0.05, 0) is 19.1 Å². The summed E-state index contributed by atoms with van der Waals surface area (Å²) in [6.07, 6.45) is 0. The molecule has 21 heavy (non-hydrogen) atoms. The van der Waals surface area contributed by atoms with E-state index in [4.69, 9.17) is 15.2 Å². The summed E-state index contributed by atoms with van der Waals surface area (Å²) in [5.41, 5.74) is 6.35. The number of rotatable bonds is 5. The van der Waals surface area contributed by atoms with Gasteiger partial charge in [0.15, 0.2) is 0 Å². The van der Waals surface area contributed by atoms with E-state index in [1.165, 1.54) is 0 Å². The third-order valence-electron chi connectivity index (χ3n) is 3.86. The van der Waals surface area contributed by atoms with Gasteiger partial charge in [-0.3, -0.25) is 9.69 Å². The number of nitrogen functional groups attached to an aromatic ring is 1. The van der Waals surface area contributed by atoms with Crippen molar-refractivity contribution in [3.05, 3.63) is 18.2 Å². The number of nitrogens with zero attached hydrogens (tertiary/aromatic N) is 2. The zero-order valence-corrected chi connectivity index (χ0v) is 12.8. The second-order valence-corrected chi connectivity index (χ2v) is 5.22. The van der Waals surface area contributed by atoms with Crippen molar-refractivity contribution in [1.29, 1.82) is 0 Å². The number of hydrogen-bond donors (Lipinski definition) is 1. The molecule has 1 aromatic carbocycles. The lowest BCUT2D eigenvalue weighted by atomic mass is 10.2. The Morgan fingerprint density at radius 2 is 2.14 bits per heavy atom. The van der Waals surface area contributed by atoms with Crippen LogP contribution in [0.5, 0.6) is 11.5 Å². The van der Waals surface area contributed by atoms with Crippen LogP contribution in [0, 0.1) is 0 Å². The van der Waals surface area contributed by atoms with Gasteiger partial charge >= 0.3 is 0 Å². The van der Waals surface area contributed by atoms with Crippen LogP contribution in [0.3, 0.4) is 0 Å². The summed E-state index contributed by atoms with van der Waals surface area (Å²) in [6, 6.07) is 5.26. The van der Waals surface area contributed by atoms with Crippen LogP contribution in [0.4, 0.5) is 5.69 Å². The fraction of sp³-hybridized carbons (Fsp3) is 0.533. The maximum Gasteiger partial charge on any atom is 0.239 e. The number of hydrogen-bond acceptors (Lipinski definition) is 5. The van der Waals surface area contributed by atoms with Crippen LogP contribution in [0.2, 0.25) is 0 Å². The SMILES string of the molecule is COc1cc(OCCN2CCN(C)C(=O)[C@H]2C)ccc1N. The van der Waals surface area contributed by atoms with Crippen LogP contribution < -0.4 is 15.2 Å². The molecule has 0 spiro atoms. The molecular weight excluding hydrogens is 270 g/mol. The Morgan fingerprint density at radius 3 is 2.86 bits per heavy atom. The van der Waals surface area contributed by atoms with Crippen molar-refractivity contribution < 1.29 is 14.3 Å². The van der Waals surface area contributed by atoms with Crippen molar-refractivity contribution in [2.45, 2.75) is 13.0 Å². The highest BCUT2D eigenvalue weighted by molar-refractivity contribution is 5.81. The molecule has 1 aliphatic rings. The monoisotopic (exact) mass is 293 g/mol. The van der Waals surface area contributed by atoms with Crippen molar-refractivity contribution in [3.63, 3.8) is 0 Å². The third kappa shape index (κ3) is 3.58. The zero-order chi connectivity index (χ0) is 15.4. The van der Waals surface area contributed by atoms with Crippen LogP contribution >= 0.6 is 0 Å². The third-order valence-corrected chi connectivity index (χ3v) is 3.86. The standard InChI is InChI=1S/C15H23N3O3/c1-11-15(19)17(2)6-7-18(11)8-9-21-12-4-5-13(16)14(10-12)20-3/h4-5,10-11H,6-9,16H2,1-3H3/t11-/m1/s1. The van der Waals surface area contributed by atoms with Crippen LogP contribution in [-0.2, 0) is 4.79 Å². The number of ether oxygens (including phenoxy) is 2. The Labute approximate surface area is 125 Å². The second-order valence-electron chi connectivity index (χ2n) is 5.22. The van der Waals surface area contributed by atoms with Crippen molar-refractivity contribution in [2.75, 3.05) is 46.1 Å².